The predicted octanol–water partition coefficient (Wildman–Crippen LogP) is 2.53. The summed E-state index contributed by atoms with van der Waals surface area (Å²) < 4.78 is 5.72. The lowest BCUT2D eigenvalue weighted by Crippen LogP contribution is -2.49. The number of aliphatic carboxylic acids is 1. The van der Waals surface area contributed by atoms with Gasteiger partial charge in [0.05, 0.1) is 18.9 Å². The summed E-state index contributed by atoms with van der Waals surface area (Å²) >= 11 is 0. The van der Waals surface area contributed by atoms with Gasteiger partial charge in [-0.05, 0) is 30.2 Å². The van der Waals surface area contributed by atoms with E-state index in [9.17, 15) is 15.0 Å². The average molecular weight is 370 g/mol. The van der Waals surface area contributed by atoms with Gasteiger partial charge in [-0.3, -0.25) is 9.69 Å². The lowest BCUT2D eigenvalue weighted by molar-refractivity contribution is -0.143. The van der Waals surface area contributed by atoms with Crippen molar-refractivity contribution in [2.45, 2.75) is 19.6 Å². The molecular weight excluding hydrogens is 344 g/mol. The van der Waals surface area contributed by atoms with E-state index in [1.807, 2.05) is 42.2 Å². The SMILES string of the molecule is CCOc1ccccc1N1CCN(C(C(=O)O)c2cccc(CO)c2)CC1. The molecule has 6 nitrogen and oxygen atoms in total. The first-order chi connectivity index (χ1) is 13.1. The van der Waals surface area contributed by atoms with Gasteiger partial charge in [-0.15, -0.1) is 0 Å². The fourth-order valence-corrected chi connectivity index (χ4v) is 3.59. The fraction of sp³-hybridized carbons (Fsp3) is 0.381. The van der Waals surface area contributed by atoms with E-state index in [-0.39, 0.29) is 6.61 Å². The van der Waals surface area contributed by atoms with Crippen molar-refractivity contribution < 1.29 is 19.7 Å². The molecule has 1 saturated heterocycles. The number of aliphatic hydroxyl groups excluding tert-OH is 1. The molecule has 1 unspecified atom stereocenters. The van der Waals surface area contributed by atoms with Crippen LogP contribution >= 0.6 is 0 Å². The zero-order valence-corrected chi connectivity index (χ0v) is 15.5. The third-order valence-corrected chi connectivity index (χ3v) is 4.87. The van der Waals surface area contributed by atoms with Gasteiger partial charge in [0.15, 0.2) is 0 Å². The Hall–Kier alpha value is -2.57. The second-order valence-electron chi connectivity index (χ2n) is 6.57. The number of aliphatic hydroxyl groups is 1. The number of hydrogen-bond donors (Lipinski definition) is 2. The maximum absolute atomic E-state index is 12.0. The van der Waals surface area contributed by atoms with E-state index in [1.165, 1.54) is 0 Å². The Morgan fingerprint density at radius 1 is 1.11 bits per heavy atom. The maximum atomic E-state index is 12.0. The average Bonchev–Trinajstić information content (AvgIpc) is 2.69. The van der Waals surface area contributed by atoms with Crippen LogP contribution in [0.4, 0.5) is 5.69 Å². The number of rotatable bonds is 7. The van der Waals surface area contributed by atoms with Gasteiger partial charge in [-0.1, -0.05) is 36.4 Å². The van der Waals surface area contributed by atoms with Gasteiger partial charge < -0.3 is 19.8 Å². The second-order valence-corrected chi connectivity index (χ2v) is 6.57. The lowest BCUT2D eigenvalue weighted by atomic mass is 10.0. The Bertz CT molecular complexity index is 772. The van der Waals surface area contributed by atoms with Crippen LogP contribution in [0.2, 0.25) is 0 Å². The van der Waals surface area contributed by atoms with Gasteiger partial charge in [0.2, 0.25) is 0 Å². The number of hydrogen-bond acceptors (Lipinski definition) is 5. The normalized spacial score (nSPS) is 16.1. The van der Waals surface area contributed by atoms with Crippen LogP contribution < -0.4 is 9.64 Å². The lowest BCUT2D eigenvalue weighted by Gasteiger charge is -2.39. The van der Waals surface area contributed by atoms with E-state index in [1.54, 1.807) is 18.2 Å². The Morgan fingerprint density at radius 2 is 1.85 bits per heavy atom. The molecule has 3 rings (SSSR count). The van der Waals surface area contributed by atoms with Gasteiger partial charge >= 0.3 is 5.97 Å². The number of piperazine rings is 1. The molecule has 6 heteroatoms. The topological polar surface area (TPSA) is 73.2 Å². The molecule has 0 radical (unpaired) electrons. The van der Waals surface area contributed by atoms with Crippen LogP contribution in [0.25, 0.3) is 0 Å². The minimum absolute atomic E-state index is 0.0951. The van der Waals surface area contributed by atoms with Gasteiger partial charge in [-0.25, -0.2) is 0 Å². The number of benzene rings is 2. The van der Waals surface area contributed by atoms with Crippen LogP contribution in [0.15, 0.2) is 48.5 Å². The fourth-order valence-electron chi connectivity index (χ4n) is 3.59. The highest BCUT2D eigenvalue weighted by molar-refractivity contribution is 5.75. The van der Waals surface area contributed by atoms with Crippen molar-refractivity contribution in [1.82, 2.24) is 4.90 Å². The molecule has 0 saturated carbocycles. The Labute approximate surface area is 159 Å². The molecule has 1 atom stereocenters. The number of ether oxygens (including phenoxy) is 1. The highest BCUT2D eigenvalue weighted by atomic mass is 16.5. The minimum atomic E-state index is -0.867. The molecule has 144 valence electrons. The molecule has 2 aromatic rings. The zero-order valence-electron chi connectivity index (χ0n) is 15.5. The van der Waals surface area contributed by atoms with E-state index in [0.717, 1.165) is 30.1 Å². The highest BCUT2D eigenvalue weighted by Crippen LogP contribution is 2.30. The smallest absolute Gasteiger partial charge is 0.325 e. The number of anilines is 1. The molecule has 27 heavy (non-hydrogen) atoms. The van der Waals surface area contributed by atoms with Crippen molar-refractivity contribution >= 4 is 11.7 Å². The van der Waals surface area contributed by atoms with Crippen LogP contribution in [-0.4, -0.2) is 53.9 Å². The van der Waals surface area contributed by atoms with Gasteiger partial charge in [-0.2, -0.15) is 0 Å². The molecule has 1 aliphatic rings. The van der Waals surface area contributed by atoms with Crippen LogP contribution in [-0.2, 0) is 11.4 Å². The molecule has 1 fully saturated rings. The van der Waals surface area contributed by atoms with E-state index in [4.69, 9.17) is 4.74 Å². The molecule has 1 heterocycles. The largest absolute Gasteiger partial charge is 0.492 e. The first kappa shape index (κ1) is 19.2. The standard InChI is InChI=1S/C21H26N2O4/c1-2-27-19-9-4-3-8-18(19)22-10-12-23(13-11-22)20(21(25)26)17-7-5-6-16(14-17)15-24/h3-9,14,20,24H,2,10-13,15H2,1H3,(H,25,26). The summed E-state index contributed by atoms with van der Waals surface area (Å²) in [6, 6.07) is 14.4. The van der Waals surface area contributed by atoms with Crippen LogP contribution in [0.1, 0.15) is 24.1 Å². The van der Waals surface area contributed by atoms with Crippen molar-refractivity contribution in [1.29, 1.82) is 0 Å². The summed E-state index contributed by atoms with van der Waals surface area (Å²) in [5.74, 6) is -0.00728. The summed E-state index contributed by atoms with van der Waals surface area (Å²) in [6.07, 6.45) is 0. The van der Waals surface area contributed by atoms with E-state index < -0.39 is 12.0 Å². The third kappa shape index (κ3) is 4.40. The molecule has 2 aromatic carbocycles. The maximum Gasteiger partial charge on any atom is 0.325 e. The minimum Gasteiger partial charge on any atom is -0.492 e. The molecule has 0 bridgehead atoms. The zero-order chi connectivity index (χ0) is 19.2. The summed E-state index contributed by atoms with van der Waals surface area (Å²) in [4.78, 5) is 16.2. The van der Waals surface area contributed by atoms with Crippen molar-refractivity contribution in [2.75, 3.05) is 37.7 Å². The molecule has 2 N–H and O–H groups in total. The van der Waals surface area contributed by atoms with E-state index >= 15 is 0 Å². The second kappa shape index (κ2) is 8.88. The van der Waals surface area contributed by atoms with Crippen LogP contribution in [0.3, 0.4) is 0 Å². The molecule has 0 spiro atoms. The number of carbonyl (C=O) groups is 1. The van der Waals surface area contributed by atoms with E-state index in [0.29, 0.717) is 25.3 Å². The van der Waals surface area contributed by atoms with Crippen LogP contribution in [0.5, 0.6) is 5.75 Å². The highest BCUT2D eigenvalue weighted by Gasteiger charge is 2.31. The third-order valence-electron chi connectivity index (χ3n) is 4.87. The van der Waals surface area contributed by atoms with Crippen molar-refractivity contribution in [3.8, 4) is 5.75 Å². The summed E-state index contributed by atoms with van der Waals surface area (Å²) in [7, 11) is 0. The quantitative estimate of drug-likeness (QED) is 0.780. The van der Waals surface area contributed by atoms with Crippen LogP contribution in [0, 0.1) is 0 Å². The van der Waals surface area contributed by atoms with Gasteiger partial charge in [0.1, 0.15) is 11.8 Å². The van der Waals surface area contributed by atoms with Gasteiger partial charge in [0.25, 0.3) is 0 Å². The Morgan fingerprint density at radius 3 is 2.52 bits per heavy atom. The molecule has 0 aromatic heterocycles. The first-order valence-corrected chi connectivity index (χ1v) is 9.27. The number of carboxylic acids is 1. The Kier molecular flexibility index (Phi) is 6.32. The first-order valence-electron chi connectivity index (χ1n) is 9.27. The summed E-state index contributed by atoms with van der Waals surface area (Å²) in [6.45, 7) is 5.22. The summed E-state index contributed by atoms with van der Waals surface area (Å²) in [5, 5.41) is 19.1. The molecule has 0 aliphatic carbocycles. The predicted molar refractivity (Wildman–Crippen MR) is 104 cm³/mol. The number of para-hydroxylation sites is 2. The molecule has 0 amide bonds. The monoisotopic (exact) mass is 370 g/mol. The van der Waals surface area contributed by atoms with E-state index in [2.05, 4.69) is 4.90 Å². The number of carboxylic acid groups (broad SMARTS) is 1. The molecule has 1 aliphatic heterocycles. The summed E-state index contributed by atoms with van der Waals surface area (Å²) in [5.41, 5.74) is 2.48. The van der Waals surface area contributed by atoms with Crippen molar-refractivity contribution in [3.63, 3.8) is 0 Å². The number of nitrogens with zero attached hydrogens (tertiary/aromatic N) is 2. The molecular formula is C21H26N2O4. The van der Waals surface area contributed by atoms with Crippen molar-refractivity contribution in [2.24, 2.45) is 0 Å². The van der Waals surface area contributed by atoms with Crippen molar-refractivity contribution in [3.05, 3.63) is 59.7 Å². The van der Waals surface area contributed by atoms with Gasteiger partial charge in [0, 0.05) is 26.2 Å². The Balaban J connectivity index is 1.74.